The van der Waals surface area contributed by atoms with E-state index in [0.29, 0.717) is 6.54 Å². The Labute approximate surface area is 102 Å². The zero-order chi connectivity index (χ0) is 12.3. The summed E-state index contributed by atoms with van der Waals surface area (Å²) in [6, 6.07) is 0. The molecule has 17 heavy (non-hydrogen) atoms. The van der Waals surface area contributed by atoms with Crippen molar-refractivity contribution in [3.05, 3.63) is 11.9 Å². The van der Waals surface area contributed by atoms with Gasteiger partial charge in [0.25, 0.3) is 0 Å². The summed E-state index contributed by atoms with van der Waals surface area (Å²) in [7, 11) is 1.69. The highest BCUT2D eigenvalue weighted by molar-refractivity contribution is 5.08. The topological polar surface area (TPSA) is 60.2 Å². The van der Waals surface area contributed by atoms with Crippen LogP contribution >= 0.6 is 0 Å². The lowest BCUT2D eigenvalue weighted by molar-refractivity contribution is -0.127. The van der Waals surface area contributed by atoms with Gasteiger partial charge in [-0.15, -0.1) is 5.10 Å². The van der Waals surface area contributed by atoms with Gasteiger partial charge in [0.1, 0.15) is 6.10 Å². The molecule has 1 saturated carbocycles. The van der Waals surface area contributed by atoms with Crippen molar-refractivity contribution in [2.24, 2.45) is 0 Å². The van der Waals surface area contributed by atoms with E-state index >= 15 is 0 Å². The van der Waals surface area contributed by atoms with Gasteiger partial charge in [-0.3, -0.25) is 0 Å². The lowest BCUT2D eigenvalue weighted by Crippen LogP contribution is -2.41. The molecule has 96 valence electrons. The fourth-order valence-corrected chi connectivity index (χ4v) is 2.73. The maximum Gasteiger partial charge on any atom is 0.126 e. The quantitative estimate of drug-likeness (QED) is 0.868. The number of hydrogen-bond acceptors (Lipinski definition) is 4. The fourth-order valence-electron chi connectivity index (χ4n) is 2.73. The molecule has 0 aliphatic heterocycles. The molecule has 0 spiro atoms. The molecule has 2 rings (SSSR count). The van der Waals surface area contributed by atoms with Crippen LogP contribution < -0.4 is 0 Å². The molecule has 1 N–H and O–H groups in total. The van der Waals surface area contributed by atoms with Crippen LogP contribution in [0.4, 0.5) is 0 Å². The van der Waals surface area contributed by atoms with E-state index < -0.39 is 11.7 Å². The average Bonchev–Trinajstić information content (AvgIpc) is 2.86. The number of aromatic nitrogens is 3. The highest BCUT2D eigenvalue weighted by Crippen LogP contribution is 2.40. The molecule has 1 fully saturated rings. The number of hydrogen-bond donors (Lipinski definition) is 1. The van der Waals surface area contributed by atoms with Crippen molar-refractivity contribution in [2.45, 2.75) is 57.3 Å². The Morgan fingerprint density at radius 2 is 2.18 bits per heavy atom. The molecular formula is C12H21N3O2. The number of methoxy groups -OCH3 is 1. The number of rotatable bonds is 4. The number of aryl methyl sites for hydroxylation is 1. The fraction of sp³-hybridized carbons (Fsp3) is 0.833. The smallest absolute Gasteiger partial charge is 0.126 e. The molecule has 0 radical (unpaired) electrons. The van der Waals surface area contributed by atoms with Crippen LogP contribution in [0.5, 0.6) is 0 Å². The Kier molecular flexibility index (Phi) is 3.79. The Bertz CT molecular complexity index is 358. The molecule has 5 heteroatoms. The first kappa shape index (κ1) is 12.5. The van der Waals surface area contributed by atoms with Crippen molar-refractivity contribution in [1.82, 2.24) is 15.0 Å². The third kappa shape index (κ3) is 2.21. The van der Waals surface area contributed by atoms with Crippen molar-refractivity contribution in [1.29, 1.82) is 0 Å². The van der Waals surface area contributed by atoms with Gasteiger partial charge < -0.3 is 9.84 Å². The van der Waals surface area contributed by atoms with Crippen LogP contribution in [0.15, 0.2) is 6.20 Å². The van der Waals surface area contributed by atoms with Crippen LogP contribution in [-0.2, 0) is 11.3 Å². The van der Waals surface area contributed by atoms with E-state index in [1.165, 1.54) is 6.42 Å². The largest absolute Gasteiger partial charge is 0.384 e. The SMILES string of the molecule is CCn1nncc1C(O)C1(OC)CCCCC1. The minimum absolute atomic E-state index is 0.452. The van der Waals surface area contributed by atoms with E-state index in [0.717, 1.165) is 31.4 Å². The van der Waals surface area contributed by atoms with Crippen molar-refractivity contribution in [3.63, 3.8) is 0 Å². The van der Waals surface area contributed by atoms with E-state index in [4.69, 9.17) is 4.74 Å². The zero-order valence-corrected chi connectivity index (χ0v) is 10.6. The van der Waals surface area contributed by atoms with Gasteiger partial charge >= 0.3 is 0 Å². The molecule has 0 amide bonds. The van der Waals surface area contributed by atoms with Crippen LogP contribution in [0.25, 0.3) is 0 Å². The molecule has 1 aliphatic carbocycles. The van der Waals surface area contributed by atoms with Gasteiger partial charge in [0.15, 0.2) is 0 Å². The highest BCUT2D eigenvalue weighted by Gasteiger charge is 2.41. The minimum Gasteiger partial charge on any atom is -0.384 e. The summed E-state index contributed by atoms with van der Waals surface area (Å²) < 4.78 is 7.38. The summed E-state index contributed by atoms with van der Waals surface area (Å²) in [5, 5.41) is 18.4. The Morgan fingerprint density at radius 1 is 1.47 bits per heavy atom. The van der Waals surface area contributed by atoms with E-state index in [1.54, 1.807) is 18.0 Å². The molecule has 0 aromatic carbocycles. The van der Waals surface area contributed by atoms with Gasteiger partial charge in [0.2, 0.25) is 0 Å². The number of ether oxygens (including phenoxy) is 1. The van der Waals surface area contributed by atoms with E-state index in [-0.39, 0.29) is 0 Å². The molecule has 1 aliphatic rings. The highest BCUT2D eigenvalue weighted by atomic mass is 16.5. The van der Waals surface area contributed by atoms with Gasteiger partial charge in [-0.2, -0.15) is 0 Å². The maximum atomic E-state index is 10.6. The van der Waals surface area contributed by atoms with Crippen molar-refractivity contribution in [3.8, 4) is 0 Å². The van der Waals surface area contributed by atoms with Crippen LogP contribution in [-0.4, -0.2) is 32.8 Å². The van der Waals surface area contributed by atoms with Gasteiger partial charge in [-0.25, -0.2) is 4.68 Å². The first-order valence-corrected chi connectivity index (χ1v) is 6.35. The van der Waals surface area contributed by atoms with Gasteiger partial charge in [-0.1, -0.05) is 24.5 Å². The number of aliphatic hydroxyl groups is 1. The maximum absolute atomic E-state index is 10.6. The Morgan fingerprint density at radius 3 is 2.76 bits per heavy atom. The summed E-state index contributed by atoms with van der Waals surface area (Å²) in [5.74, 6) is 0. The zero-order valence-electron chi connectivity index (χ0n) is 10.6. The van der Waals surface area contributed by atoms with Crippen molar-refractivity contribution < 1.29 is 9.84 Å². The summed E-state index contributed by atoms with van der Waals surface area (Å²) >= 11 is 0. The third-order valence-corrected chi connectivity index (χ3v) is 3.83. The predicted molar refractivity (Wildman–Crippen MR) is 63.5 cm³/mol. The second kappa shape index (κ2) is 5.14. The molecule has 1 unspecified atom stereocenters. The standard InChI is InChI=1S/C12H21N3O2/c1-3-15-10(9-13-14-15)11(16)12(17-2)7-5-4-6-8-12/h9,11,16H,3-8H2,1-2H3. The predicted octanol–water partition coefficient (Wildman–Crippen LogP) is 1.68. The van der Waals surface area contributed by atoms with Gasteiger partial charge in [-0.05, 0) is 19.8 Å². The first-order valence-electron chi connectivity index (χ1n) is 6.35. The summed E-state index contributed by atoms with van der Waals surface area (Å²) in [5.41, 5.74) is 0.309. The van der Waals surface area contributed by atoms with Gasteiger partial charge in [0.05, 0.1) is 17.5 Å². The molecule has 5 nitrogen and oxygen atoms in total. The molecule has 0 bridgehead atoms. The lowest BCUT2D eigenvalue weighted by Gasteiger charge is -2.39. The van der Waals surface area contributed by atoms with Crippen LogP contribution in [0.3, 0.4) is 0 Å². The molecule has 1 aromatic heterocycles. The van der Waals surface area contributed by atoms with Crippen molar-refractivity contribution >= 4 is 0 Å². The Balaban J connectivity index is 2.24. The minimum atomic E-state index is -0.636. The molecule has 1 atom stereocenters. The van der Waals surface area contributed by atoms with Crippen molar-refractivity contribution in [2.75, 3.05) is 7.11 Å². The van der Waals surface area contributed by atoms with Crippen LogP contribution in [0.2, 0.25) is 0 Å². The summed E-state index contributed by atoms with van der Waals surface area (Å²) in [6.45, 7) is 2.71. The average molecular weight is 239 g/mol. The number of nitrogens with zero attached hydrogens (tertiary/aromatic N) is 3. The summed E-state index contributed by atoms with van der Waals surface area (Å²) in [6.07, 6.45) is 6.26. The third-order valence-electron chi connectivity index (χ3n) is 3.83. The Hall–Kier alpha value is -0.940. The number of aliphatic hydroxyl groups excluding tert-OH is 1. The molecule has 0 saturated heterocycles. The van der Waals surface area contributed by atoms with E-state index in [2.05, 4.69) is 10.3 Å². The van der Waals surface area contributed by atoms with E-state index in [1.807, 2.05) is 6.92 Å². The normalized spacial score (nSPS) is 21.4. The van der Waals surface area contributed by atoms with Crippen LogP contribution in [0, 0.1) is 0 Å². The first-order chi connectivity index (χ1) is 8.23. The van der Waals surface area contributed by atoms with E-state index in [9.17, 15) is 5.11 Å². The molecule has 1 aromatic rings. The molecule has 1 heterocycles. The monoisotopic (exact) mass is 239 g/mol. The second-order valence-corrected chi connectivity index (χ2v) is 4.71. The molecular weight excluding hydrogens is 218 g/mol. The summed E-state index contributed by atoms with van der Waals surface area (Å²) in [4.78, 5) is 0. The second-order valence-electron chi connectivity index (χ2n) is 4.71. The van der Waals surface area contributed by atoms with Gasteiger partial charge in [0, 0.05) is 13.7 Å². The van der Waals surface area contributed by atoms with Crippen LogP contribution in [0.1, 0.15) is 50.8 Å². The lowest BCUT2D eigenvalue weighted by atomic mass is 9.79.